The van der Waals surface area contributed by atoms with E-state index in [-0.39, 0.29) is 49.6 Å². The number of rotatable bonds is 8. The summed E-state index contributed by atoms with van der Waals surface area (Å²) >= 11 is 14.8. The van der Waals surface area contributed by atoms with E-state index in [1.165, 1.54) is 35.4 Å². The van der Waals surface area contributed by atoms with Crippen molar-refractivity contribution in [3.8, 4) is 11.5 Å². The minimum Gasteiger partial charge on any atom is -0.508 e. The second-order valence-corrected chi connectivity index (χ2v) is 14.3. The molecule has 0 aromatic heterocycles. The maximum Gasteiger partial charge on any atom is 0.303 e. The van der Waals surface area contributed by atoms with Crippen LogP contribution >= 0.6 is 23.2 Å². The molecule has 2 aromatic rings. The smallest absolute Gasteiger partial charge is 0.303 e. The molecule has 1 saturated carbocycles. The highest BCUT2D eigenvalue weighted by Gasteiger charge is 2.77. The van der Waals surface area contributed by atoms with Gasteiger partial charge in [0, 0.05) is 30.9 Å². The van der Waals surface area contributed by atoms with Crippen molar-refractivity contribution >= 4 is 58.5 Å². The number of aromatic hydroxyl groups is 1. The zero-order chi connectivity index (χ0) is 34.1. The number of halogens is 3. The number of ether oxygens (including phenoxy) is 1. The molecule has 5 aliphatic rings. The lowest BCUT2D eigenvalue weighted by atomic mass is 9.56. The number of fused-ring (bicyclic) bond motifs is 5. The molecule has 6 atom stereocenters. The van der Waals surface area contributed by atoms with Gasteiger partial charge in [-0.2, -0.15) is 0 Å². The van der Waals surface area contributed by atoms with Crippen LogP contribution in [0.2, 0.25) is 0 Å². The van der Waals surface area contributed by atoms with Crippen molar-refractivity contribution < 1.29 is 43.3 Å². The molecule has 3 aliphatic heterocycles. The number of hydrogen-bond acceptors (Lipinski definition) is 7. The second-order valence-electron chi connectivity index (χ2n) is 13.1. The number of imide groups is 2. The minimum absolute atomic E-state index is 0.000145. The number of alkyl halides is 2. The van der Waals surface area contributed by atoms with Gasteiger partial charge in [-0.15, -0.1) is 23.2 Å². The zero-order valence-electron chi connectivity index (χ0n) is 25.5. The maximum atomic E-state index is 14.5. The molecular weight excluding hydrogens is 666 g/mol. The molecule has 3 fully saturated rings. The molecule has 0 radical (unpaired) electrons. The van der Waals surface area contributed by atoms with E-state index < -0.39 is 62.9 Å². The molecule has 3 heterocycles. The van der Waals surface area contributed by atoms with Crippen LogP contribution in [0.1, 0.15) is 44.1 Å². The van der Waals surface area contributed by atoms with E-state index in [1.54, 1.807) is 6.07 Å². The van der Waals surface area contributed by atoms with Crippen molar-refractivity contribution in [2.75, 3.05) is 11.4 Å². The summed E-state index contributed by atoms with van der Waals surface area (Å²) in [7, 11) is 0. The van der Waals surface area contributed by atoms with Gasteiger partial charge in [-0.1, -0.05) is 18.1 Å². The van der Waals surface area contributed by atoms with Crippen LogP contribution < -0.4 is 9.64 Å². The molecule has 48 heavy (non-hydrogen) atoms. The molecule has 2 N–H and O–H groups in total. The van der Waals surface area contributed by atoms with Gasteiger partial charge in [-0.3, -0.25) is 28.9 Å². The van der Waals surface area contributed by atoms with Crippen molar-refractivity contribution in [2.24, 2.45) is 23.7 Å². The quantitative estimate of drug-likeness (QED) is 0.168. The molecule has 0 spiro atoms. The first kappa shape index (κ1) is 32.3. The minimum atomic E-state index is -2.09. The zero-order valence-corrected chi connectivity index (χ0v) is 27.0. The van der Waals surface area contributed by atoms with Crippen LogP contribution in [0.15, 0.2) is 65.9 Å². The Labute approximate surface area is 284 Å². The summed E-state index contributed by atoms with van der Waals surface area (Å²) in [5, 5.41) is 19.1. The molecule has 250 valence electrons. The van der Waals surface area contributed by atoms with Gasteiger partial charge in [0.2, 0.25) is 11.8 Å². The third kappa shape index (κ3) is 4.76. The molecule has 10 nitrogen and oxygen atoms in total. The summed E-state index contributed by atoms with van der Waals surface area (Å²) in [6, 6.07) is 9.42. The van der Waals surface area contributed by atoms with Gasteiger partial charge in [-0.05, 0) is 79.6 Å². The van der Waals surface area contributed by atoms with E-state index in [4.69, 9.17) is 33.0 Å². The Morgan fingerprint density at radius 1 is 0.979 bits per heavy atom. The van der Waals surface area contributed by atoms with Crippen molar-refractivity contribution in [1.82, 2.24) is 4.90 Å². The summed E-state index contributed by atoms with van der Waals surface area (Å²) in [4.78, 5) is 65.3. The van der Waals surface area contributed by atoms with E-state index in [0.717, 1.165) is 17.0 Å². The monoisotopic (exact) mass is 696 g/mol. The molecule has 2 aromatic carbocycles. The van der Waals surface area contributed by atoms with Crippen LogP contribution in [0.4, 0.5) is 10.1 Å². The molecule has 2 saturated heterocycles. The maximum absolute atomic E-state index is 14.5. The van der Waals surface area contributed by atoms with E-state index in [9.17, 15) is 33.5 Å². The number of unbranched alkanes of at least 4 members (excludes halogenated alkanes) is 2. The molecular formula is C35H31Cl2FN2O8. The first-order valence-corrected chi connectivity index (χ1v) is 16.6. The lowest BCUT2D eigenvalue weighted by molar-refractivity contribution is -0.141. The number of anilines is 1. The van der Waals surface area contributed by atoms with Crippen molar-refractivity contribution in [3.63, 3.8) is 0 Å². The number of allylic oxidation sites excluding steroid dienone is 3. The average molecular weight is 698 g/mol. The van der Waals surface area contributed by atoms with Gasteiger partial charge in [0.1, 0.15) is 17.3 Å². The Morgan fingerprint density at radius 3 is 2.46 bits per heavy atom. The number of nitrogens with zero attached hydrogens (tertiary/aromatic N) is 2. The Kier molecular flexibility index (Phi) is 7.90. The first-order valence-electron chi connectivity index (χ1n) is 15.8. The fourth-order valence-corrected chi connectivity index (χ4v) is 9.17. The number of carbonyl (C=O) groups is 5. The van der Waals surface area contributed by atoms with Crippen LogP contribution in [0, 0.1) is 29.5 Å². The largest absolute Gasteiger partial charge is 0.508 e. The summed E-state index contributed by atoms with van der Waals surface area (Å²) in [5.41, 5.74) is 1.79. The Balaban J connectivity index is 1.29. The normalized spacial score (nSPS) is 30.6. The molecule has 6 unspecified atom stereocenters. The van der Waals surface area contributed by atoms with Crippen LogP contribution in [-0.4, -0.2) is 61.0 Å². The average Bonchev–Trinajstić information content (AvgIpc) is 3.38. The number of benzene rings is 2. The highest BCUT2D eigenvalue weighted by molar-refractivity contribution is 6.58. The molecule has 4 amide bonds. The highest BCUT2D eigenvalue weighted by Crippen LogP contribution is 2.65. The highest BCUT2D eigenvalue weighted by atomic mass is 35.5. The fourth-order valence-electron chi connectivity index (χ4n) is 8.22. The predicted octanol–water partition coefficient (Wildman–Crippen LogP) is 5.09. The van der Waals surface area contributed by atoms with E-state index in [2.05, 4.69) is 0 Å². The van der Waals surface area contributed by atoms with Gasteiger partial charge >= 0.3 is 5.97 Å². The molecule has 2 aliphatic carbocycles. The number of phenolic OH excluding ortho intramolecular Hbond substituents is 1. The topological polar surface area (TPSA) is 142 Å². The third-order valence-corrected chi connectivity index (χ3v) is 11.8. The molecule has 7 rings (SSSR count). The molecule has 13 heteroatoms. The third-order valence-electron chi connectivity index (χ3n) is 10.4. The number of phenols is 1. The van der Waals surface area contributed by atoms with Gasteiger partial charge in [0.25, 0.3) is 11.8 Å². The summed E-state index contributed by atoms with van der Waals surface area (Å²) < 4.78 is 19.8. The van der Waals surface area contributed by atoms with Crippen molar-refractivity contribution in [3.05, 3.63) is 77.3 Å². The summed E-state index contributed by atoms with van der Waals surface area (Å²) in [6.45, 7) is 0.135. The van der Waals surface area contributed by atoms with E-state index in [1.807, 2.05) is 6.08 Å². The van der Waals surface area contributed by atoms with Gasteiger partial charge < -0.3 is 14.9 Å². The summed E-state index contributed by atoms with van der Waals surface area (Å²) in [5.74, 6) is -6.70. The van der Waals surface area contributed by atoms with E-state index >= 15 is 0 Å². The lowest BCUT2D eigenvalue weighted by Crippen LogP contribution is -2.61. The lowest BCUT2D eigenvalue weighted by Gasteiger charge is -2.51. The van der Waals surface area contributed by atoms with Crippen LogP contribution in [0.25, 0.3) is 0 Å². The van der Waals surface area contributed by atoms with Crippen LogP contribution in [0.3, 0.4) is 0 Å². The second kappa shape index (κ2) is 11.7. The fraction of sp³-hybridized carbons (Fsp3) is 0.400. The number of hydrogen-bond donors (Lipinski definition) is 2. The predicted molar refractivity (Wildman–Crippen MR) is 171 cm³/mol. The first-order chi connectivity index (χ1) is 22.9. The van der Waals surface area contributed by atoms with Gasteiger partial charge in [0.15, 0.2) is 9.75 Å². The van der Waals surface area contributed by atoms with Crippen molar-refractivity contribution in [2.45, 2.75) is 54.7 Å². The summed E-state index contributed by atoms with van der Waals surface area (Å²) in [6.07, 6.45) is 4.84. The van der Waals surface area contributed by atoms with Gasteiger partial charge in [0.05, 0.1) is 23.8 Å². The van der Waals surface area contributed by atoms with Gasteiger partial charge in [-0.25, -0.2) is 9.29 Å². The number of carboxylic acid groups (broad SMARTS) is 1. The SMILES string of the molecule is O=C(O)CCCCCN1C(=O)C2CC=C3C(CC4(Cl)C(=O)N(c5ccc(F)cc5)C(=O)C4(Cl)C3C3=COc4ccc(O)cc4C3)C2C1=O. The number of amides is 4. The van der Waals surface area contributed by atoms with Crippen molar-refractivity contribution in [1.29, 1.82) is 0 Å². The van der Waals surface area contributed by atoms with E-state index in [0.29, 0.717) is 41.7 Å². The van der Waals surface area contributed by atoms with Crippen LogP contribution in [0.5, 0.6) is 11.5 Å². The molecule has 0 bridgehead atoms. The number of carboxylic acids is 1. The Morgan fingerprint density at radius 2 is 1.73 bits per heavy atom. The standard InChI is InChI=1S/C35H31Cl2FN2O8/c36-34-16-25-23(10-11-24-28(25)31(45)39(30(24)44)13-3-1-2-4-27(42)43)29(19-14-18-15-22(41)9-12-26(18)48-17-19)35(34,37)33(47)40(32(34)46)21-7-5-20(38)6-8-21/h5-10,12,15,17,24-25,28-29,41H,1-4,11,13-14,16H2,(H,42,43). The Hall–Kier alpha value is -4.22. The number of likely N-dealkylation sites (tertiary alicyclic amines) is 1. The Bertz CT molecular complexity index is 1830. The number of carbonyl (C=O) groups excluding carboxylic acids is 4. The number of aliphatic carboxylic acids is 1. The van der Waals surface area contributed by atoms with Crippen LogP contribution in [-0.2, 0) is 30.4 Å².